The fourth-order valence-electron chi connectivity index (χ4n) is 2.58. The van der Waals surface area contributed by atoms with Gasteiger partial charge in [0.05, 0.1) is 24.3 Å². The Morgan fingerprint density at radius 1 is 1.18 bits per heavy atom. The summed E-state index contributed by atoms with van der Waals surface area (Å²) in [5.74, 6) is 1.25. The van der Waals surface area contributed by atoms with Gasteiger partial charge in [0, 0.05) is 44.4 Å². The van der Waals surface area contributed by atoms with Gasteiger partial charge in [-0.3, -0.25) is 4.90 Å². The Labute approximate surface area is 137 Å². The van der Waals surface area contributed by atoms with Gasteiger partial charge >= 0.3 is 0 Å². The lowest BCUT2D eigenvalue weighted by Gasteiger charge is -2.29. The predicted molar refractivity (Wildman–Crippen MR) is 88.1 cm³/mol. The number of nitrogens with zero attached hydrogens (tertiary/aromatic N) is 1. The molecular formula is C16H25ClN2O3. The minimum absolute atomic E-state index is 0.509. The van der Waals surface area contributed by atoms with Crippen molar-refractivity contribution in [2.45, 2.75) is 20.0 Å². The SMILES string of the molecule is CCOc1cc(Cl)c(C(O)CN2CCNCC2)cc1OCC. The molecule has 0 aliphatic carbocycles. The van der Waals surface area contributed by atoms with Gasteiger partial charge in [-0.25, -0.2) is 0 Å². The van der Waals surface area contributed by atoms with Gasteiger partial charge in [0.1, 0.15) is 0 Å². The maximum absolute atomic E-state index is 10.5. The minimum Gasteiger partial charge on any atom is -0.490 e. The number of nitrogens with one attached hydrogen (secondary N) is 1. The normalized spacial score (nSPS) is 17.3. The van der Waals surface area contributed by atoms with Gasteiger partial charge in [0.25, 0.3) is 0 Å². The van der Waals surface area contributed by atoms with Gasteiger partial charge in [-0.05, 0) is 19.9 Å². The highest BCUT2D eigenvalue weighted by molar-refractivity contribution is 6.31. The number of β-amino-alcohol motifs (C(OH)–C–C–N with tert-alkyl or cyclic N) is 1. The molecule has 1 aromatic carbocycles. The lowest BCUT2D eigenvalue weighted by Crippen LogP contribution is -2.45. The molecule has 0 aromatic heterocycles. The van der Waals surface area contributed by atoms with Crippen LogP contribution in [-0.2, 0) is 0 Å². The number of halogens is 1. The van der Waals surface area contributed by atoms with E-state index in [2.05, 4.69) is 10.2 Å². The van der Waals surface area contributed by atoms with Gasteiger partial charge in [-0.1, -0.05) is 11.6 Å². The summed E-state index contributed by atoms with van der Waals surface area (Å²) in [6.45, 7) is 9.25. The zero-order chi connectivity index (χ0) is 15.9. The Hall–Kier alpha value is -1.01. The van der Waals surface area contributed by atoms with E-state index in [4.69, 9.17) is 21.1 Å². The molecule has 1 fully saturated rings. The summed E-state index contributed by atoms with van der Waals surface area (Å²) >= 11 is 6.32. The largest absolute Gasteiger partial charge is 0.490 e. The molecule has 6 heteroatoms. The summed E-state index contributed by atoms with van der Waals surface area (Å²) < 4.78 is 11.2. The average Bonchev–Trinajstić information content (AvgIpc) is 2.51. The zero-order valence-corrected chi connectivity index (χ0v) is 14.0. The highest BCUT2D eigenvalue weighted by atomic mass is 35.5. The first-order valence-corrected chi connectivity index (χ1v) is 8.23. The number of rotatable bonds is 7. The molecule has 1 atom stereocenters. The van der Waals surface area contributed by atoms with Crippen LogP contribution < -0.4 is 14.8 Å². The van der Waals surface area contributed by atoms with Crippen molar-refractivity contribution in [3.63, 3.8) is 0 Å². The van der Waals surface area contributed by atoms with Gasteiger partial charge in [0.15, 0.2) is 11.5 Å². The lowest BCUT2D eigenvalue weighted by atomic mass is 10.1. The molecule has 1 aliphatic heterocycles. The first kappa shape index (κ1) is 17.3. The van der Waals surface area contributed by atoms with Crippen LogP contribution in [0.2, 0.25) is 5.02 Å². The molecule has 1 aromatic rings. The van der Waals surface area contributed by atoms with Gasteiger partial charge in [-0.15, -0.1) is 0 Å². The van der Waals surface area contributed by atoms with Crippen LogP contribution in [0.15, 0.2) is 12.1 Å². The quantitative estimate of drug-likeness (QED) is 0.802. The molecule has 5 nitrogen and oxygen atoms in total. The maximum atomic E-state index is 10.5. The fourth-order valence-corrected chi connectivity index (χ4v) is 2.86. The van der Waals surface area contributed by atoms with Crippen molar-refractivity contribution in [2.75, 3.05) is 45.9 Å². The number of hydrogen-bond acceptors (Lipinski definition) is 5. The summed E-state index contributed by atoms with van der Waals surface area (Å²) in [6, 6.07) is 3.52. The van der Waals surface area contributed by atoms with Crippen molar-refractivity contribution in [1.82, 2.24) is 10.2 Å². The number of ether oxygens (including phenoxy) is 2. The van der Waals surface area contributed by atoms with Gasteiger partial charge in [-0.2, -0.15) is 0 Å². The molecule has 22 heavy (non-hydrogen) atoms. The summed E-state index contributed by atoms with van der Waals surface area (Å²) in [4.78, 5) is 2.23. The topological polar surface area (TPSA) is 54.0 Å². The molecule has 1 heterocycles. The van der Waals surface area contributed by atoms with Gasteiger partial charge < -0.3 is 19.9 Å². The Morgan fingerprint density at radius 3 is 2.36 bits per heavy atom. The molecule has 1 unspecified atom stereocenters. The van der Waals surface area contributed by atoms with Crippen LogP contribution in [0.3, 0.4) is 0 Å². The first-order chi connectivity index (χ1) is 10.7. The fraction of sp³-hybridized carbons (Fsp3) is 0.625. The third-order valence-electron chi connectivity index (χ3n) is 3.66. The molecular weight excluding hydrogens is 304 g/mol. The van der Waals surface area contributed by atoms with E-state index in [0.29, 0.717) is 41.8 Å². The number of aliphatic hydroxyl groups excluding tert-OH is 1. The molecule has 0 spiro atoms. The molecule has 0 bridgehead atoms. The van der Waals surface area contributed by atoms with E-state index in [1.807, 2.05) is 13.8 Å². The van der Waals surface area contributed by atoms with E-state index in [9.17, 15) is 5.11 Å². The minimum atomic E-state index is -0.638. The Morgan fingerprint density at radius 2 is 1.77 bits per heavy atom. The van der Waals surface area contributed by atoms with Crippen LogP contribution >= 0.6 is 11.6 Å². The number of piperazine rings is 1. The number of hydrogen-bond donors (Lipinski definition) is 2. The van der Waals surface area contributed by atoms with E-state index < -0.39 is 6.10 Å². The monoisotopic (exact) mass is 328 g/mol. The van der Waals surface area contributed by atoms with Crippen molar-refractivity contribution in [3.8, 4) is 11.5 Å². The standard InChI is InChI=1S/C16H25ClN2O3/c1-3-21-15-9-12(13(17)10-16(15)22-4-2)14(20)11-19-7-5-18-6-8-19/h9-10,14,18,20H,3-8,11H2,1-2H3. The number of aliphatic hydroxyl groups is 1. The third-order valence-corrected chi connectivity index (χ3v) is 3.99. The smallest absolute Gasteiger partial charge is 0.162 e. The van der Waals surface area contributed by atoms with E-state index >= 15 is 0 Å². The van der Waals surface area contributed by atoms with Crippen LogP contribution in [-0.4, -0.2) is 55.9 Å². The predicted octanol–water partition coefficient (Wildman–Crippen LogP) is 2.08. The van der Waals surface area contributed by atoms with E-state index in [-0.39, 0.29) is 0 Å². The lowest BCUT2D eigenvalue weighted by molar-refractivity contribution is 0.105. The highest BCUT2D eigenvalue weighted by Gasteiger charge is 2.20. The van der Waals surface area contributed by atoms with Crippen molar-refractivity contribution in [3.05, 3.63) is 22.7 Å². The van der Waals surface area contributed by atoms with Crippen molar-refractivity contribution >= 4 is 11.6 Å². The van der Waals surface area contributed by atoms with Crippen molar-refractivity contribution < 1.29 is 14.6 Å². The van der Waals surface area contributed by atoms with Crippen molar-refractivity contribution in [1.29, 1.82) is 0 Å². The maximum Gasteiger partial charge on any atom is 0.162 e. The molecule has 0 amide bonds. The van der Waals surface area contributed by atoms with Crippen LogP contribution in [0.25, 0.3) is 0 Å². The third kappa shape index (κ3) is 4.49. The number of benzene rings is 1. The summed E-state index contributed by atoms with van der Waals surface area (Å²) in [7, 11) is 0. The Balaban J connectivity index is 2.15. The second kappa shape index (κ2) is 8.58. The van der Waals surface area contributed by atoms with Crippen LogP contribution in [0, 0.1) is 0 Å². The first-order valence-electron chi connectivity index (χ1n) is 7.85. The van der Waals surface area contributed by atoms with E-state index in [1.165, 1.54) is 0 Å². The summed E-state index contributed by atoms with van der Waals surface area (Å²) in [5, 5.41) is 14.3. The molecule has 124 valence electrons. The molecule has 1 aliphatic rings. The summed E-state index contributed by atoms with van der Waals surface area (Å²) in [5.41, 5.74) is 0.687. The Bertz CT molecular complexity index is 479. The molecule has 2 rings (SSSR count). The molecule has 2 N–H and O–H groups in total. The highest BCUT2D eigenvalue weighted by Crippen LogP contribution is 2.36. The van der Waals surface area contributed by atoms with Gasteiger partial charge in [0.2, 0.25) is 0 Å². The molecule has 1 saturated heterocycles. The molecule has 0 radical (unpaired) electrons. The second-order valence-corrected chi connectivity index (χ2v) is 5.66. The van der Waals surface area contributed by atoms with E-state index in [1.54, 1.807) is 12.1 Å². The van der Waals surface area contributed by atoms with E-state index in [0.717, 1.165) is 26.2 Å². The van der Waals surface area contributed by atoms with Crippen molar-refractivity contribution in [2.24, 2.45) is 0 Å². The Kier molecular flexibility index (Phi) is 6.76. The van der Waals surface area contributed by atoms with Crippen LogP contribution in [0.5, 0.6) is 11.5 Å². The second-order valence-electron chi connectivity index (χ2n) is 5.25. The molecule has 0 saturated carbocycles. The summed E-state index contributed by atoms with van der Waals surface area (Å²) in [6.07, 6.45) is -0.638. The van der Waals surface area contributed by atoms with Crippen LogP contribution in [0.4, 0.5) is 0 Å². The van der Waals surface area contributed by atoms with Crippen LogP contribution in [0.1, 0.15) is 25.5 Å². The zero-order valence-electron chi connectivity index (χ0n) is 13.3. The average molecular weight is 329 g/mol.